The minimum absolute atomic E-state index is 0.264. The van der Waals surface area contributed by atoms with E-state index in [1.807, 2.05) is 18.2 Å². The fourth-order valence-electron chi connectivity index (χ4n) is 6.04. The Labute approximate surface area is 235 Å². The third kappa shape index (κ3) is 5.50. The molecule has 1 aromatic heterocycles. The fraction of sp³-hybridized carbons (Fsp3) is 0.257. The van der Waals surface area contributed by atoms with Crippen LogP contribution >= 0.6 is 0 Å². The number of hydrogen-bond acceptors (Lipinski definition) is 3. The van der Waals surface area contributed by atoms with Gasteiger partial charge >= 0.3 is 5.97 Å². The Hall–Kier alpha value is -4.38. The summed E-state index contributed by atoms with van der Waals surface area (Å²) in [5, 5.41) is 9.50. The third-order valence-electron chi connectivity index (χ3n) is 8.07. The lowest BCUT2D eigenvalue weighted by atomic mass is 9.89. The Kier molecular flexibility index (Phi) is 7.62. The molecule has 0 bridgehead atoms. The lowest BCUT2D eigenvalue weighted by Gasteiger charge is -2.25. The zero-order valence-electron chi connectivity index (χ0n) is 22.6. The number of carboxylic acid groups (broad SMARTS) is 1. The molecule has 6 rings (SSSR count). The first-order valence-electron chi connectivity index (χ1n) is 14.3. The van der Waals surface area contributed by atoms with Crippen LogP contribution in [0.3, 0.4) is 0 Å². The minimum atomic E-state index is -0.932. The van der Waals surface area contributed by atoms with Crippen LogP contribution in [-0.2, 0) is 0 Å². The molecule has 4 aromatic carbocycles. The Morgan fingerprint density at radius 2 is 1.50 bits per heavy atom. The van der Waals surface area contributed by atoms with Gasteiger partial charge in [-0.15, -0.1) is 0 Å². The standard InChI is InChI=1S/C35H34N2O3/c38-35(39)28-18-21-33-32(24-28)36-34(37(33)29-14-8-3-9-15-29)27-16-19-30(20-17-27)40-23-22-31(25-10-4-1-5-11-25)26-12-6-2-7-13-26/h1-2,4-7,10-13,16-21,24,29,31H,3,8-9,14-15,22-23H2,(H,38,39). The van der Waals surface area contributed by atoms with E-state index >= 15 is 0 Å². The minimum Gasteiger partial charge on any atom is -0.494 e. The fourth-order valence-corrected chi connectivity index (χ4v) is 6.04. The summed E-state index contributed by atoms with van der Waals surface area (Å²) in [6.07, 6.45) is 6.78. The van der Waals surface area contributed by atoms with Gasteiger partial charge in [0.15, 0.2) is 0 Å². The first-order valence-corrected chi connectivity index (χ1v) is 14.3. The zero-order valence-corrected chi connectivity index (χ0v) is 22.6. The van der Waals surface area contributed by atoms with Crippen molar-refractivity contribution in [3.8, 4) is 17.1 Å². The van der Waals surface area contributed by atoms with Gasteiger partial charge in [-0.3, -0.25) is 0 Å². The average Bonchev–Trinajstić information content (AvgIpc) is 3.40. The van der Waals surface area contributed by atoms with Crippen molar-refractivity contribution in [3.05, 3.63) is 120 Å². The van der Waals surface area contributed by atoms with Gasteiger partial charge in [0, 0.05) is 17.5 Å². The highest BCUT2D eigenvalue weighted by Crippen LogP contribution is 2.37. The number of fused-ring (bicyclic) bond motifs is 1. The highest BCUT2D eigenvalue weighted by atomic mass is 16.5. The van der Waals surface area contributed by atoms with Crippen molar-refractivity contribution in [1.82, 2.24) is 9.55 Å². The Morgan fingerprint density at radius 3 is 2.12 bits per heavy atom. The van der Waals surface area contributed by atoms with Gasteiger partial charge in [-0.2, -0.15) is 0 Å². The van der Waals surface area contributed by atoms with Crippen LogP contribution in [0.5, 0.6) is 5.75 Å². The lowest BCUT2D eigenvalue weighted by molar-refractivity contribution is 0.0697. The van der Waals surface area contributed by atoms with Crippen molar-refractivity contribution in [2.75, 3.05) is 6.61 Å². The van der Waals surface area contributed by atoms with Gasteiger partial charge in [-0.25, -0.2) is 9.78 Å². The summed E-state index contributed by atoms with van der Waals surface area (Å²) in [6.45, 7) is 0.604. The maximum absolute atomic E-state index is 11.6. The summed E-state index contributed by atoms with van der Waals surface area (Å²) in [5.74, 6) is 1.06. The van der Waals surface area contributed by atoms with Crippen LogP contribution in [0, 0.1) is 0 Å². The third-order valence-corrected chi connectivity index (χ3v) is 8.07. The van der Waals surface area contributed by atoms with Gasteiger partial charge < -0.3 is 14.4 Å². The molecule has 1 saturated carbocycles. The molecule has 40 heavy (non-hydrogen) atoms. The molecule has 1 aliphatic carbocycles. The van der Waals surface area contributed by atoms with Gasteiger partial charge in [-0.1, -0.05) is 79.9 Å². The van der Waals surface area contributed by atoms with Crippen LogP contribution in [-0.4, -0.2) is 27.2 Å². The van der Waals surface area contributed by atoms with Crippen LogP contribution in [0.25, 0.3) is 22.4 Å². The van der Waals surface area contributed by atoms with E-state index in [4.69, 9.17) is 9.72 Å². The van der Waals surface area contributed by atoms with Gasteiger partial charge in [0.05, 0.1) is 23.2 Å². The molecule has 1 aliphatic rings. The van der Waals surface area contributed by atoms with E-state index < -0.39 is 5.97 Å². The highest BCUT2D eigenvalue weighted by Gasteiger charge is 2.23. The van der Waals surface area contributed by atoms with Crippen molar-refractivity contribution < 1.29 is 14.6 Å². The molecular weight excluding hydrogens is 496 g/mol. The Balaban J connectivity index is 1.22. The number of rotatable bonds is 9. The molecule has 0 amide bonds. The molecular formula is C35H34N2O3. The molecule has 5 aromatic rings. The van der Waals surface area contributed by atoms with E-state index in [2.05, 4.69) is 77.4 Å². The molecule has 5 heteroatoms. The first-order chi connectivity index (χ1) is 19.7. The van der Waals surface area contributed by atoms with Gasteiger partial charge in [0.1, 0.15) is 11.6 Å². The monoisotopic (exact) mass is 530 g/mol. The summed E-state index contributed by atoms with van der Waals surface area (Å²) >= 11 is 0. The number of aromatic nitrogens is 2. The number of carboxylic acids is 1. The SMILES string of the molecule is O=C(O)c1ccc2c(c1)nc(-c1ccc(OCCC(c3ccccc3)c3ccccc3)cc1)n2C1CCCCC1. The normalized spacial score (nSPS) is 14.0. The van der Waals surface area contributed by atoms with Gasteiger partial charge in [-0.05, 0) is 72.9 Å². The quantitative estimate of drug-likeness (QED) is 0.207. The number of benzene rings is 4. The van der Waals surface area contributed by atoms with Crippen LogP contribution in [0.15, 0.2) is 103 Å². The van der Waals surface area contributed by atoms with Gasteiger partial charge in [0.25, 0.3) is 0 Å². The molecule has 1 fully saturated rings. The van der Waals surface area contributed by atoms with Crippen LogP contribution in [0.4, 0.5) is 0 Å². The van der Waals surface area contributed by atoms with E-state index in [1.165, 1.54) is 30.4 Å². The summed E-state index contributed by atoms with van der Waals surface area (Å²) in [7, 11) is 0. The van der Waals surface area contributed by atoms with Crippen molar-refractivity contribution in [1.29, 1.82) is 0 Å². The van der Waals surface area contributed by atoms with E-state index in [0.29, 0.717) is 12.6 Å². The number of hydrogen-bond donors (Lipinski definition) is 1. The highest BCUT2D eigenvalue weighted by molar-refractivity contribution is 5.93. The van der Waals surface area contributed by atoms with Crippen molar-refractivity contribution >= 4 is 17.0 Å². The predicted molar refractivity (Wildman–Crippen MR) is 159 cm³/mol. The number of aromatic carboxylic acids is 1. The second-order valence-corrected chi connectivity index (χ2v) is 10.6. The van der Waals surface area contributed by atoms with Crippen molar-refractivity contribution in [2.45, 2.75) is 50.5 Å². The average molecular weight is 531 g/mol. The molecule has 5 nitrogen and oxygen atoms in total. The largest absolute Gasteiger partial charge is 0.494 e. The van der Waals surface area contributed by atoms with Crippen LogP contribution < -0.4 is 4.74 Å². The van der Waals surface area contributed by atoms with Gasteiger partial charge in [0.2, 0.25) is 0 Å². The summed E-state index contributed by atoms with van der Waals surface area (Å²) in [5.41, 5.74) is 5.59. The molecule has 1 N–H and O–H groups in total. The molecule has 1 heterocycles. The summed E-state index contributed by atoms with van der Waals surface area (Å²) < 4.78 is 8.56. The maximum Gasteiger partial charge on any atom is 0.335 e. The zero-order chi connectivity index (χ0) is 27.3. The van der Waals surface area contributed by atoms with Crippen LogP contribution in [0.2, 0.25) is 0 Å². The predicted octanol–water partition coefficient (Wildman–Crippen LogP) is 8.51. The molecule has 0 atom stereocenters. The summed E-state index contributed by atoms with van der Waals surface area (Å²) in [6, 6.07) is 35.0. The first kappa shape index (κ1) is 25.9. The summed E-state index contributed by atoms with van der Waals surface area (Å²) in [4.78, 5) is 16.5. The molecule has 0 saturated heterocycles. The number of ether oxygens (including phenoxy) is 1. The maximum atomic E-state index is 11.6. The second kappa shape index (κ2) is 11.8. The number of carbonyl (C=O) groups is 1. The van der Waals surface area contributed by atoms with E-state index in [-0.39, 0.29) is 11.5 Å². The molecule has 202 valence electrons. The van der Waals surface area contributed by atoms with E-state index in [1.54, 1.807) is 12.1 Å². The molecule has 0 spiro atoms. The topological polar surface area (TPSA) is 64.3 Å². The Bertz CT molecular complexity index is 1530. The second-order valence-electron chi connectivity index (χ2n) is 10.6. The smallest absolute Gasteiger partial charge is 0.335 e. The Morgan fingerprint density at radius 1 is 0.850 bits per heavy atom. The number of nitrogens with zero attached hydrogens (tertiary/aromatic N) is 2. The lowest BCUT2D eigenvalue weighted by Crippen LogP contribution is -2.14. The molecule has 0 unspecified atom stereocenters. The molecule has 0 radical (unpaired) electrons. The van der Waals surface area contributed by atoms with E-state index in [9.17, 15) is 9.90 Å². The van der Waals surface area contributed by atoms with E-state index in [0.717, 1.165) is 47.4 Å². The van der Waals surface area contributed by atoms with Crippen LogP contribution in [0.1, 0.15) is 72.0 Å². The van der Waals surface area contributed by atoms with Crippen molar-refractivity contribution in [2.24, 2.45) is 0 Å². The van der Waals surface area contributed by atoms with Crippen molar-refractivity contribution in [3.63, 3.8) is 0 Å². The number of imidazole rings is 1. The molecule has 0 aliphatic heterocycles.